The second-order valence-corrected chi connectivity index (χ2v) is 12.6. The van der Waals surface area contributed by atoms with Gasteiger partial charge in [0.05, 0.1) is 42.2 Å². The highest BCUT2D eigenvalue weighted by Crippen LogP contribution is 2.38. The number of halogens is 4. The van der Waals surface area contributed by atoms with E-state index in [2.05, 4.69) is 20.1 Å². The van der Waals surface area contributed by atoms with Crippen LogP contribution in [0.4, 0.5) is 18.9 Å². The number of rotatable bonds is 8. The van der Waals surface area contributed by atoms with Gasteiger partial charge in [0.1, 0.15) is 12.4 Å². The molecule has 15 heteroatoms. The molecule has 202 valence electrons. The summed E-state index contributed by atoms with van der Waals surface area (Å²) in [6.45, 7) is 2.67. The van der Waals surface area contributed by atoms with Crippen molar-refractivity contribution in [3.63, 3.8) is 0 Å². The van der Waals surface area contributed by atoms with Gasteiger partial charge in [-0.25, -0.2) is 8.42 Å². The standard InChI is InChI=1S/C15H11BrF3NO3S.C6H14O4S2/c16-11-4-5-14-13(9-11)20(6-7-23-14)24(21,22)12-3-1-2-10(8-12)15(17,18)19;1-6(4-9-11-2)5-10-12(3,7)8/h1-5,8-9H,6-7H2;6H,4-5H2,1-3H3. The van der Waals surface area contributed by atoms with E-state index in [1.54, 1.807) is 18.2 Å². The normalized spacial score (nSPS) is 14.8. The Morgan fingerprint density at radius 1 is 1.14 bits per heavy atom. The Kier molecular flexibility index (Phi) is 10.9. The Morgan fingerprint density at radius 2 is 1.83 bits per heavy atom. The van der Waals surface area contributed by atoms with Crippen LogP contribution in [0.5, 0.6) is 5.75 Å². The number of ether oxygens (including phenoxy) is 1. The zero-order valence-electron chi connectivity index (χ0n) is 19.5. The first-order valence-corrected chi connectivity index (χ1v) is 15.5. The Balaban J connectivity index is 0.000000324. The molecule has 1 aliphatic heterocycles. The molecule has 0 saturated carbocycles. The van der Waals surface area contributed by atoms with Gasteiger partial charge >= 0.3 is 6.18 Å². The molecule has 2 aromatic carbocycles. The van der Waals surface area contributed by atoms with Gasteiger partial charge < -0.3 is 8.92 Å². The average Bonchev–Trinajstić information content (AvgIpc) is 2.80. The number of nitrogens with zero attached hydrogens (tertiary/aromatic N) is 1. The minimum Gasteiger partial charge on any atom is -0.489 e. The van der Waals surface area contributed by atoms with E-state index in [1.807, 2.05) is 13.2 Å². The monoisotopic (exact) mass is 635 g/mol. The van der Waals surface area contributed by atoms with Crippen LogP contribution in [-0.4, -0.2) is 55.7 Å². The maximum absolute atomic E-state index is 12.9. The number of hydrogen-bond donors (Lipinski definition) is 0. The molecule has 0 saturated heterocycles. The second kappa shape index (κ2) is 12.8. The Labute approximate surface area is 221 Å². The molecule has 8 nitrogen and oxygen atoms in total. The molecule has 0 N–H and O–H groups in total. The number of alkyl halides is 3. The van der Waals surface area contributed by atoms with Crippen LogP contribution < -0.4 is 9.04 Å². The molecule has 1 aliphatic rings. The summed E-state index contributed by atoms with van der Waals surface area (Å²) < 4.78 is 102. The molecular formula is C21H25BrF3NO7S3. The van der Waals surface area contributed by atoms with Crippen molar-refractivity contribution in [2.45, 2.75) is 18.0 Å². The SMILES string of the molecule is CSOCC(C)COS(C)(=O)=O.O=S(=O)(c1cccc(C(F)(F)F)c1)N1CCOc2ccc(Br)cc21. The smallest absolute Gasteiger partial charge is 0.416 e. The van der Waals surface area contributed by atoms with Crippen molar-refractivity contribution in [2.75, 3.05) is 43.2 Å². The fourth-order valence-electron chi connectivity index (χ4n) is 2.85. The van der Waals surface area contributed by atoms with Crippen molar-refractivity contribution in [2.24, 2.45) is 5.92 Å². The molecule has 0 spiro atoms. The highest BCUT2D eigenvalue weighted by atomic mass is 79.9. The first kappa shape index (κ1) is 30.7. The molecule has 1 unspecified atom stereocenters. The van der Waals surface area contributed by atoms with E-state index in [0.717, 1.165) is 28.8 Å². The topological polar surface area (TPSA) is 99.2 Å². The second-order valence-electron chi connectivity index (χ2n) is 7.61. The first-order chi connectivity index (χ1) is 16.6. The van der Waals surface area contributed by atoms with Crippen molar-refractivity contribution in [3.05, 3.63) is 52.5 Å². The number of anilines is 1. The molecule has 3 rings (SSSR count). The third-order valence-corrected chi connectivity index (χ3v) is 7.77. The summed E-state index contributed by atoms with van der Waals surface area (Å²) in [4.78, 5) is -0.412. The van der Waals surface area contributed by atoms with Gasteiger partial charge in [-0.15, -0.1) is 0 Å². The lowest BCUT2D eigenvalue weighted by Crippen LogP contribution is -2.38. The van der Waals surface area contributed by atoms with Gasteiger partial charge in [-0.1, -0.05) is 28.9 Å². The van der Waals surface area contributed by atoms with Crippen LogP contribution in [0.15, 0.2) is 51.8 Å². The van der Waals surface area contributed by atoms with Gasteiger partial charge in [0, 0.05) is 16.6 Å². The quantitative estimate of drug-likeness (QED) is 0.297. The predicted octanol–water partition coefficient (Wildman–Crippen LogP) is 4.95. The van der Waals surface area contributed by atoms with Gasteiger partial charge in [0.15, 0.2) is 0 Å². The molecule has 0 bridgehead atoms. The van der Waals surface area contributed by atoms with Crippen molar-refractivity contribution >= 4 is 53.8 Å². The number of fused-ring (bicyclic) bond motifs is 1. The van der Waals surface area contributed by atoms with Crippen LogP contribution in [-0.2, 0) is 34.7 Å². The van der Waals surface area contributed by atoms with Crippen molar-refractivity contribution in [3.8, 4) is 5.75 Å². The van der Waals surface area contributed by atoms with Crippen molar-refractivity contribution < 1.29 is 43.1 Å². The molecule has 1 atom stereocenters. The van der Waals surface area contributed by atoms with E-state index in [0.29, 0.717) is 22.9 Å². The fourth-order valence-corrected chi connectivity index (χ4v) is 5.54. The van der Waals surface area contributed by atoms with Crippen LogP contribution in [0.25, 0.3) is 0 Å². The van der Waals surface area contributed by atoms with E-state index in [-0.39, 0.29) is 31.4 Å². The summed E-state index contributed by atoms with van der Waals surface area (Å²) in [6, 6.07) is 8.56. The minimum absolute atomic E-state index is 0.0159. The Bertz CT molecular complexity index is 1240. The van der Waals surface area contributed by atoms with E-state index in [9.17, 15) is 30.0 Å². The zero-order chi connectivity index (χ0) is 27.1. The fraction of sp³-hybridized carbons (Fsp3) is 0.429. The predicted molar refractivity (Wildman–Crippen MR) is 135 cm³/mol. The van der Waals surface area contributed by atoms with E-state index in [4.69, 9.17) is 8.92 Å². The largest absolute Gasteiger partial charge is 0.489 e. The van der Waals surface area contributed by atoms with E-state index >= 15 is 0 Å². The summed E-state index contributed by atoms with van der Waals surface area (Å²) in [5.41, 5.74) is -0.723. The van der Waals surface area contributed by atoms with Crippen LogP contribution in [0.1, 0.15) is 12.5 Å². The lowest BCUT2D eigenvalue weighted by molar-refractivity contribution is -0.137. The summed E-state index contributed by atoms with van der Waals surface area (Å²) in [5.74, 6) is 0.451. The lowest BCUT2D eigenvalue weighted by atomic mass is 10.2. The molecule has 0 aromatic heterocycles. The summed E-state index contributed by atoms with van der Waals surface area (Å²) >= 11 is 4.51. The molecule has 0 amide bonds. The maximum Gasteiger partial charge on any atom is 0.416 e. The summed E-state index contributed by atoms with van der Waals surface area (Å²) in [5, 5.41) is 0. The van der Waals surface area contributed by atoms with E-state index in [1.165, 1.54) is 12.0 Å². The third kappa shape index (κ3) is 9.10. The Morgan fingerprint density at radius 3 is 2.44 bits per heavy atom. The van der Waals surface area contributed by atoms with Crippen molar-refractivity contribution in [1.82, 2.24) is 0 Å². The molecular weight excluding hydrogens is 611 g/mol. The molecule has 1 heterocycles. The van der Waals surface area contributed by atoms with Crippen molar-refractivity contribution in [1.29, 1.82) is 0 Å². The zero-order valence-corrected chi connectivity index (χ0v) is 23.5. The van der Waals surface area contributed by atoms with Crippen LogP contribution >= 0.6 is 28.0 Å². The Hall–Kier alpha value is -1.52. The molecule has 2 aromatic rings. The number of benzene rings is 2. The first-order valence-electron chi connectivity index (χ1n) is 10.3. The molecule has 0 fully saturated rings. The average molecular weight is 637 g/mol. The van der Waals surface area contributed by atoms with Crippen LogP contribution in [0.3, 0.4) is 0 Å². The molecule has 0 radical (unpaired) electrons. The highest BCUT2D eigenvalue weighted by molar-refractivity contribution is 9.10. The lowest BCUT2D eigenvalue weighted by Gasteiger charge is -2.30. The number of sulfonamides is 1. The van der Waals surface area contributed by atoms with Gasteiger partial charge in [-0.2, -0.15) is 21.6 Å². The number of hydrogen-bond acceptors (Lipinski definition) is 8. The highest BCUT2D eigenvalue weighted by Gasteiger charge is 2.34. The maximum atomic E-state index is 12.9. The van der Waals surface area contributed by atoms with Gasteiger partial charge in [0.2, 0.25) is 0 Å². The summed E-state index contributed by atoms with van der Waals surface area (Å²) in [6.07, 6.45) is -1.77. The van der Waals surface area contributed by atoms with Gasteiger partial charge in [-0.3, -0.25) is 8.49 Å². The third-order valence-electron chi connectivity index (χ3n) is 4.53. The van der Waals surface area contributed by atoms with Crippen LogP contribution in [0.2, 0.25) is 0 Å². The van der Waals surface area contributed by atoms with Gasteiger partial charge in [-0.05, 0) is 48.4 Å². The van der Waals surface area contributed by atoms with Gasteiger partial charge in [0.25, 0.3) is 20.1 Å². The molecule has 36 heavy (non-hydrogen) atoms. The summed E-state index contributed by atoms with van der Waals surface area (Å²) in [7, 11) is -7.45. The minimum atomic E-state index is -4.61. The molecule has 0 aliphatic carbocycles. The van der Waals surface area contributed by atoms with E-state index < -0.39 is 36.8 Å². The van der Waals surface area contributed by atoms with Crippen LogP contribution in [0, 0.1) is 5.92 Å².